The molecule has 13 heavy (non-hydrogen) atoms. The van der Waals surface area contributed by atoms with Gasteiger partial charge in [0.15, 0.2) is 0 Å². The largest absolute Gasteiger partial charge is 0.310 e. The Kier molecular flexibility index (Phi) is 2.92. The molecule has 0 aromatic heterocycles. The Hall–Kier alpha value is -1.04. The molecule has 70 valence electrons. The number of nitro groups is 1. The maximum absolute atomic E-state index is 12.9. The van der Waals surface area contributed by atoms with Gasteiger partial charge in [0.05, 0.1) is 10.5 Å². The molecule has 0 aliphatic heterocycles. The number of alkyl halides is 1. The highest BCUT2D eigenvalue weighted by Crippen LogP contribution is 2.27. The van der Waals surface area contributed by atoms with Crippen molar-refractivity contribution in [1.82, 2.24) is 0 Å². The summed E-state index contributed by atoms with van der Waals surface area (Å²) in [6.45, 7) is -1.06. The maximum atomic E-state index is 12.9. The molecule has 0 heterocycles. The predicted octanol–water partition coefficient (Wildman–Crippen LogP) is 2.97. The summed E-state index contributed by atoms with van der Waals surface area (Å²) in [5.41, 5.74) is -1.07. The molecule has 0 unspecified atom stereocenters. The van der Waals surface area contributed by atoms with Crippen LogP contribution in [0.15, 0.2) is 16.6 Å². The highest BCUT2D eigenvalue weighted by atomic mass is 79.9. The molecule has 0 amide bonds. The summed E-state index contributed by atoms with van der Waals surface area (Å²) in [5.74, 6) is -1.04. The molecule has 0 saturated heterocycles. The Morgan fingerprint density at radius 2 is 2.15 bits per heavy atom. The molecule has 0 N–H and O–H groups in total. The van der Waals surface area contributed by atoms with Crippen molar-refractivity contribution in [3.8, 4) is 0 Å². The second kappa shape index (κ2) is 3.78. The first-order valence-corrected chi connectivity index (χ1v) is 4.04. The highest BCUT2D eigenvalue weighted by molar-refractivity contribution is 9.10. The zero-order valence-corrected chi connectivity index (χ0v) is 7.85. The van der Waals surface area contributed by atoms with Gasteiger partial charge in [-0.3, -0.25) is 10.1 Å². The van der Waals surface area contributed by atoms with E-state index < -0.39 is 23.1 Å². The molecular formula is C7H4BrF2NO2. The van der Waals surface area contributed by atoms with E-state index in [2.05, 4.69) is 15.9 Å². The topological polar surface area (TPSA) is 43.1 Å². The zero-order valence-electron chi connectivity index (χ0n) is 6.26. The van der Waals surface area contributed by atoms with E-state index in [9.17, 15) is 18.9 Å². The van der Waals surface area contributed by atoms with Crippen molar-refractivity contribution < 1.29 is 13.7 Å². The third kappa shape index (κ3) is 2.00. The van der Waals surface area contributed by atoms with Crippen molar-refractivity contribution in [1.29, 1.82) is 0 Å². The van der Waals surface area contributed by atoms with E-state index in [1.165, 1.54) is 6.07 Å². The zero-order chi connectivity index (χ0) is 10.0. The molecule has 1 aromatic rings. The number of nitrogens with zero attached hydrogens (tertiary/aromatic N) is 1. The van der Waals surface area contributed by atoms with E-state index in [0.717, 1.165) is 6.07 Å². The molecule has 0 aliphatic carbocycles. The van der Waals surface area contributed by atoms with Crippen LogP contribution in [-0.4, -0.2) is 4.92 Å². The lowest BCUT2D eigenvalue weighted by molar-refractivity contribution is -0.388. The lowest BCUT2D eigenvalue weighted by Crippen LogP contribution is -1.97. The van der Waals surface area contributed by atoms with Crippen LogP contribution >= 0.6 is 15.9 Å². The van der Waals surface area contributed by atoms with Gasteiger partial charge in [-0.1, -0.05) is 15.9 Å². The predicted molar refractivity (Wildman–Crippen MR) is 45.6 cm³/mol. The number of halogens is 3. The van der Waals surface area contributed by atoms with Gasteiger partial charge >= 0.3 is 5.69 Å². The smallest absolute Gasteiger partial charge is 0.258 e. The van der Waals surface area contributed by atoms with Gasteiger partial charge in [0.25, 0.3) is 0 Å². The minimum Gasteiger partial charge on any atom is -0.258 e. The molecule has 6 heteroatoms. The second-order valence-electron chi connectivity index (χ2n) is 2.29. The van der Waals surface area contributed by atoms with Crippen molar-refractivity contribution in [2.75, 3.05) is 0 Å². The molecule has 0 atom stereocenters. The Morgan fingerprint density at radius 1 is 1.54 bits per heavy atom. The summed E-state index contributed by atoms with van der Waals surface area (Å²) < 4.78 is 25.4. The maximum Gasteiger partial charge on any atom is 0.310 e. The average Bonchev–Trinajstić information content (AvgIpc) is 2.01. The minimum atomic E-state index is -1.06. The molecule has 0 spiro atoms. The van der Waals surface area contributed by atoms with Crippen LogP contribution in [0.2, 0.25) is 0 Å². The van der Waals surface area contributed by atoms with E-state index in [-0.39, 0.29) is 10.0 Å². The standard InChI is InChI=1S/C7H4BrF2NO2/c8-5-1-4(3-9)7(11(12)13)6(10)2-5/h1-2H,3H2. The van der Waals surface area contributed by atoms with Crippen LogP contribution < -0.4 is 0 Å². The summed E-state index contributed by atoms with van der Waals surface area (Å²) in [7, 11) is 0. The number of rotatable bonds is 2. The third-order valence-corrected chi connectivity index (χ3v) is 1.89. The molecule has 0 saturated carbocycles. The van der Waals surface area contributed by atoms with Crippen molar-refractivity contribution in [3.63, 3.8) is 0 Å². The fraction of sp³-hybridized carbons (Fsp3) is 0.143. The molecule has 0 radical (unpaired) electrons. The van der Waals surface area contributed by atoms with Gasteiger partial charge in [-0.15, -0.1) is 0 Å². The van der Waals surface area contributed by atoms with Gasteiger partial charge in [0, 0.05) is 4.47 Å². The minimum absolute atomic E-state index is 0.267. The van der Waals surface area contributed by atoms with Crippen molar-refractivity contribution >= 4 is 21.6 Å². The summed E-state index contributed by atoms with van der Waals surface area (Å²) in [4.78, 5) is 9.36. The molecule has 3 nitrogen and oxygen atoms in total. The summed E-state index contributed by atoms with van der Waals surface area (Å²) in [5, 5.41) is 10.3. The fourth-order valence-corrected chi connectivity index (χ4v) is 1.40. The van der Waals surface area contributed by atoms with Gasteiger partial charge < -0.3 is 0 Å². The molecule has 1 rings (SSSR count). The van der Waals surface area contributed by atoms with Crippen LogP contribution in [0.5, 0.6) is 0 Å². The highest BCUT2D eigenvalue weighted by Gasteiger charge is 2.20. The average molecular weight is 252 g/mol. The van der Waals surface area contributed by atoms with Crippen LogP contribution in [0.3, 0.4) is 0 Å². The third-order valence-electron chi connectivity index (χ3n) is 1.43. The molecule has 1 aromatic carbocycles. The van der Waals surface area contributed by atoms with E-state index in [1.54, 1.807) is 0 Å². The number of nitro benzene ring substituents is 1. The number of hydrogen-bond acceptors (Lipinski definition) is 2. The monoisotopic (exact) mass is 251 g/mol. The first-order chi connectivity index (χ1) is 6.06. The van der Waals surface area contributed by atoms with Crippen molar-refractivity contribution in [3.05, 3.63) is 38.1 Å². The van der Waals surface area contributed by atoms with Crippen molar-refractivity contribution in [2.24, 2.45) is 0 Å². The van der Waals surface area contributed by atoms with Gasteiger partial charge in [-0.25, -0.2) is 4.39 Å². The lowest BCUT2D eigenvalue weighted by Gasteiger charge is -2.00. The van der Waals surface area contributed by atoms with Gasteiger partial charge in [0.1, 0.15) is 6.67 Å². The van der Waals surface area contributed by atoms with E-state index in [1.807, 2.05) is 0 Å². The van der Waals surface area contributed by atoms with Crippen LogP contribution in [-0.2, 0) is 6.67 Å². The first kappa shape index (κ1) is 10.0. The van der Waals surface area contributed by atoms with Crippen LogP contribution in [0.4, 0.5) is 14.5 Å². The fourth-order valence-electron chi connectivity index (χ4n) is 0.926. The van der Waals surface area contributed by atoms with Crippen LogP contribution in [0.25, 0.3) is 0 Å². The van der Waals surface area contributed by atoms with Crippen LogP contribution in [0, 0.1) is 15.9 Å². The first-order valence-electron chi connectivity index (χ1n) is 3.24. The summed E-state index contributed by atoms with van der Waals surface area (Å²) in [6, 6.07) is 2.11. The van der Waals surface area contributed by atoms with E-state index in [4.69, 9.17) is 0 Å². The Labute approximate surface area is 80.6 Å². The van der Waals surface area contributed by atoms with Crippen molar-refractivity contribution in [2.45, 2.75) is 6.67 Å². The second-order valence-corrected chi connectivity index (χ2v) is 3.20. The SMILES string of the molecule is O=[N+]([O-])c1c(F)cc(Br)cc1CF. The molecule has 0 aliphatic rings. The van der Waals surface area contributed by atoms with Gasteiger partial charge in [-0.2, -0.15) is 4.39 Å². The quantitative estimate of drug-likeness (QED) is 0.599. The summed E-state index contributed by atoms with van der Waals surface area (Å²) in [6.07, 6.45) is 0. The summed E-state index contributed by atoms with van der Waals surface area (Å²) >= 11 is 2.91. The Balaban J connectivity index is 3.38. The number of hydrogen-bond donors (Lipinski definition) is 0. The molecule has 0 bridgehead atoms. The molecular weight excluding hydrogens is 248 g/mol. The van der Waals surface area contributed by atoms with E-state index in [0.29, 0.717) is 0 Å². The van der Waals surface area contributed by atoms with Gasteiger partial charge in [0.2, 0.25) is 5.82 Å². The number of benzene rings is 1. The van der Waals surface area contributed by atoms with Gasteiger partial charge in [-0.05, 0) is 12.1 Å². The molecule has 0 fully saturated rings. The van der Waals surface area contributed by atoms with Crippen LogP contribution in [0.1, 0.15) is 5.56 Å². The van der Waals surface area contributed by atoms with E-state index >= 15 is 0 Å². The Bertz CT molecular complexity index is 357. The normalized spacial score (nSPS) is 10.1. The lowest BCUT2D eigenvalue weighted by atomic mass is 10.2. The Morgan fingerprint density at radius 3 is 2.62 bits per heavy atom.